The second-order valence-corrected chi connectivity index (χ2v) is 14.3. The van der Waals surface area contributed by atoms with Crippen molar-refractivity contribution < 1.29 is 18.8 Å². The summed E-state index contributed by atoms with van der Waals surface area (Å²) in [4.78, 5) is 35.4. The fourth-order valence-corrected chi connectivity index (χ4v) is 7.97. The minimum atomic E-state index is -0.334. The van der Waals surface area contributed by atoms with Crippen molar-refractivity contribution in [2.75, 3.05) is 73.6 Å². The Balaban J connectivity index is 1.00. The molecule has 53 heavy (non-hydrogen) atoms. The molecule has 0 bridgehead atoms. The Morgan fingerprint density at radius 2 is 1.68 bits per heavy atom. The number of carbonyl (C=O) groups is 1. The quantitative estimate of drug-likeness (QED) is 0.191. The van der Waals surface area contributed by atoms with Gasteiger partial charge in [0.05, 0.1) is 43.0 Å². The molecular formula is C39H47FN10O3. The molecule has 2 aromatic heterocycles. The fourth-order valence-electron chi connectivity index (χ4n) is 7.97. The maximum absolute atomic E-state index is 14.9. The standard InChI is InChI=1S/C39H47FN10O3/c1-4-39(51)45-32-20-33(36(52-3)21-35(32)49-10-7-31(8-11-49)48-14-12-47(13-15-48)30-5-6-30)44-37-22-38(42-25-41-37)50-34(9-16-53-50)27-17-26(18-29(40)19-27)28-23-43-46(2)24-28/h4,17-25,30-31,34H,1,5-16H2,2-3H3,(H,45,51)(H,41,42,44)/t34-/m1/s1. The van der Waals surface area contributed by atoms with Crippen LogP contribution in [0.4, 0.5) is 33.1 Å². The number of nitrogens with one attached hydrogen (secondary N) is 2. The van der Waals surface area contributed by atoms with Crippen LogP contribution < -0.4 is 25.3 Å². The molecule has 1 saturated carbocycles. The van der Waals surface area contributed by atoms with Gasteiger partial charge in [-0.3, -0.25) is 24.1 Å². The molecule has 0 radical (unpaired) electrons. The number of carbonyl (C=O) groups excluding carboxylic acids is 1. The van der Waals surface area contributed by atoms with Crippen LogP contribution in [-0.4, -0.2) is 101 Å². The van der Waals surface area contributed by atoms with Gasteiger partial charge in [-0.25, -0.2) is 19.4 Å². The van der Waals surface area contributed by atoms with E-state index in [2.05, 4.69) is 47.0 Å². The third-order valence-electron chi connectivity index (χ3n) is 10.9. The lowest BCUT2D eigenvalue weighted by Gasteiger charge is -2.43. The van der Waals surface area contributed by atoms with Crippen LogP contribution in [-0.2, 0) is 16.7 Å². The van der Waals surface area contributed by atoms with Crippen molar-refractivity contribution in [1.29, 1.82) is 0 Å². The maximum atomic E-state index is 14.9. The Hall–Kier alpha value is -5.05. The number of rotatable bonds is 11. The van der Waals surface area contributed by atoms with E-state index in [9.17, 15) is 9.18 Å². The van der Waals surface area contributed by atoms with E-state index in [0.29, 0.717) is 47.8 Å². The summed E-state index contributed by atoms with van der Waals surface area (Å²) in [6.45, 7) is 10.5. The number of methoxy groups -OCH3 is 1. The number of anilines is 5. The van der Waals surface area contributed by atoms with E-state index in [4.69, 9.17) is 9.57 Å². The average molecular weight is 723 g/mol. The number of benzene rings is 2. The van der Waals surface area contributed by atoms with Crippen LogP contribution in [0.3, 0.4) is 0 Å². The van der Waals surface area contributed by atoms with Crippen LogP contribution in [0.15, 0.2) is 67.8 Å². The van der Waals surface area contributed by atoms with Crippen LogP contribution in [0, 0.1) is 5.82 Å². The monoisotopic (exact) mass is 722 g/mol. The van der Waals surface area contributed by atoms with E-state index in [0.717, 1.165) is 67.4 Å². The van der Waals surface area contributed by atoms with E-state index in [1.807, 2.05) is 31.4 Å². The van der Waals surface area contributed by atoms with Gasteiger partial charge >= 0.3 is 0 Å². The molecule has 2 aromatic carbocycles. The number of piperazine rings is 1. The molecule has 5 heterocycles. The molecule has 278 valence electrons. The summed E-state index contributed by atoms with van der Waals surface area (Å²) in [6, 6.07) is 11.8. The minimum absolute atomic E-state index is 0.269. The summed E-state index contributed by atoms with van der Waals surface area (Å²) < 4.78 is 22.5. The topological polar surface area (TPSA) is 116 Å². The van der Waals surface area contributed by atoms with Gasteiger partial charge in [-0.2, -0.15) is 5.10 Å². The first-order valence-electron chi connectivity index (χ1n) is 18.5. The predicted octanol–water partition coefficient (Wildman–Crippen LogP) is 5.52. The van der Waals surface area contributed by atoms with Gasteiger partial charge in [0.25, 0.3) is 0 Å². The van der Waals surface area contributed by atoms with Crippen molar-refractivity contribution >= 4 is 34.6 Å². The third-order valence-corrected chi connectivity index (χ3v) is 10.9. The van der Waals surface area contributed by atoms with E-state index in [1.54, 1.807) is 29.1 Å². The summed E-state index contributed by atoms with van der Waals surface area (Å²) in [5, 5.41) is 12.4. The number of aryl methyl sites for hydroxylation is 1. The summed E-state index contributed by atoms with van der Waals surface area (Å²) in [5.74, 6) is 0.989. The molecule has 0 spiro atoms. The first kappa shape index (κ1) is 35.0. The number of aromatic nitrogens is 4. The van der Waals surface area contributed by atoms with Gasteiger partial charge in [-0.15, -0.1) is 0 Å². The lowest BCUT2D eigenvalue weighted by Crippen LogP contribution is -2.53. The van der Waals surface area contributed by atoms with Crippen LogP contribution >= 0.6 is 0 Å². The van der Waals surface area contributed by atoms with Crippen LogP contribution in [0.25, 0.3) is 11.1 Å². The number of nitrogens with zero attached hydrogens (tertiary/aromatic N) is 8. The molecule has 3 saturated heterocycles. The van der Waals surface area contributed by atoms with E-state index < -0.39 is 0 Å². The van der Waals surface area contributed by atoms with Gasteiger partial charge < -0.3 is 20.3 Å². The van der Waals surface area contributed by atoms with Crippen LogP contribution in [0.2, 0.25) is 0 Å². The highest BCUT2D eigenvalue weighted by Gasteiger charge is 2.34. The molecule has 4 aromatic rings. The molecule has 2 N–H and O–H groups in total. The maximum Gasteiger partial charge on any atom is 0.247 e. The zero-order chi connectivity index (χ0) is 36.5. The van der Waals surface area contributed by atoms with Crippen molar-refractivity contribution in [2.45, 2.75) is 50.2 Å². The Morgan fingerprint density at radius 1 is 0.925 bits per heavy atom. The molecule has 0 unspecified atom stereocenters. The van der Waals surface area contributed by atoms with Crippen LogP contribution in [0.5, 0.6) is 5.75 Å². The highest BCUT2D eigenvalue weighted by molar-refractivity contribution is 6.02. The van der Waals surface area contributed by atoms with Gasteiger partial charge in [-0.1, -0.05) is 6.58 Å². The SMILES string of the molecule is C=CC(=O)Nc1cc(Nc2cc(N3OCC[C@@H]3c3cc(F)cc(-c4cnn(C)c4)c3)ncn2)c(OC)cc1N1CCC(N2CCN(C3CC3)CC2)CC1. The molecule has 4 fully saturated rings. The number of hydrogen-bond donors (Lipinski definition) is 2. The number of amides is 1. The summed E-state index contributed by atoms with van der Waals surface area (Å²) >= 11 is 0. The number of hydroxylamine groups is 1. The van der Waals surface area contributed by atoms with Gasteiger partial charge in [0.1, 0.15) is 23.7 Å². The summed E-state index contributed by atoms with van der Waals surface area (Å²) in [5.41, 5.74) is 4.52. The molecule has 1 amide bonds. The van der Waals surface area contributed by atoms with E-state index in [-0.39, 0.29) is 17.8 Å². The summed E-state index contributed by atoms with van der Waals surface area (Å²) in [6.07, 6.45) is 11.8. The zero-order valence-electron chi connectivity index (χ0n) is 30.4. The van der Waals surface area contributed by atoms with Gasteiger partial charge in [0.15, 0.2) is 5.82 Å². The molecule has 3 aliphatic heterocycles. The average Bonchev–Trinajstić information content (AvgIpc) is 3.74. The molecule has 8 rings (SSSR count). The van der Waals surface area contributed by atoms with Crippen molar-refractivity contribution in [1.82, 2.24) is 29.5 Å². The molecule has 13 nitrogen and oxygen atoms in total. The minimum Gasteiger partial charge on any atom is -0.494 e. The highest BCUT2D eigenvalue weighted by atomic mass is 19.1. The third kappa shape index (κ3) is 7.71. The predicted molar refractivity (Wildman–Crippen MR) is 203 cm³/mol. The first-order chi connectivity index (χ1) is 25.8. The lowest BCUT2D eigenvalue weighted by atomic mass is 9.99. The Kier molecular flexibility index (Phi) is 9.99. The lowest BCUT2D eigenvalue weighted by molar-refractivity contribution is -0.111. The van der Waals surface area contributed by atoms with Crippen molar-refractivity contribution in [3.05, 3.63) is 79.2 Å². The van der Waals surface area contributed by atoms with E-state index >= 15 is 0 Å². The first-order valence-corrected chi connectivity index (χ1v) is 18.5. The zero-order valence-corrected chi connectivity index (χ0v) is 30.4. The second kappa shape index (κ2) is 15.1. The number of hydrogen-bond acceptors (Lipinski definition) is 11. The molecule has 1 aliphatic carbocycles. The number of piperidine rings is 1. The van der Waals surface area contributed by atoms with Gasteiger partial charge in [0, 0.05) is 88.7 Å². The van der Waals surface area contributed by atoms with E-state index in [1.165, 1.54) is 50.5 Å². The van der Waals surface area contributed by atoms with Gasteiger partial charge in [-0.05, 0) is 67.2 Å². The van der Waals surface area contributed by atoms with Crippen molar-refractivity contribution in [3.63, 3.8) is 0 Å². The Labute approximate surface area is 309 Å². The smallest absolute Gasteiger partial charge is 0.247 e. The Bertz CT molecular complexity index is 1950. The Morgan fingerprint density at radius 3 is 2.36 bits per heavy atom. The highest BCUT2D eigenvalue weighted by Crippen LogP contribution is 2.41. The second-order valence-electron chi connectivity index (χ2n) is 14.3. The molecule has 1 atom stereocenters. The summed E-state index contributed by atoms with van der Waals surface area (Å²) in [7, 11) is 3.47. The number of ether oxygens (including phenoxy) is 1. The number of halogens is 1. The normalized spacial score (nSPS) is 20.1. The van der Waals surface area contributed by atoms with Crippen molar-refractivity contribution in [3.8, 4) is 16.9 Å². The molecular weight excluding hydrogens is 675 g/mol. The van der Waals surface area contributed by atoms with Crippen LogP contribution in [0.1, 0.15) is 43.7 Å². The van der Waals surface area contributed by atoms with Gasteiger partial charge in [0.2, 0.25) is 5.91 Å². The fraction of sp³-hybridized carbons (Fsp3) is 0.436. The molecule has 14 heteroatoms. The van der Waals surface area contributed by atoms with Crippen molar-refractivity contribution in [2.24, 2.45) is 7.05 Å². The molecule has 4 aliphatic rings. The largest absolute Gasteiger partial charge is 0.494 e.